The Kier molecular flexibility index (Phi) is 10.8. The van der Waals surface area contributed by atoms with Gasteiger partial charge in [0.1, 0.15) is 12.6 Å². The van der Waals surface area contributed by atoms with E-state index in [2.05, 4.69) is 5.32 Å². The molecule has 0 aliphatic rings. The van der Waals surface area contributed by atoms with E-state index in [0.29, 0.717) is 5.69 Å². The average molecular weight is 626 g/mol. The Morgan fingerprint density at radius 3 is 1.89 bits per heavy atom. The highest BCUT2D eigenvalue weighted by molar-refractivity contribution is 7.92. The van der Waals surface area contributed by atoms with E-state index in [1.807, 2.05) is 108 Å². The number of rotatable bonds is 12. The summed E-state index contributed by atoms with van der Waals surface area (Å²) in [6.07, 6.45) is 0.269. The monoisotopic (exact) mass is 625 g/mol. The summed E-state index contributed by atoms with van der Waals surface area (Å²) >= 11 is 0. The van der Waals surface area contributed by atoms with E-state index >= 15 is 0 Å². The van der Waals surface area contributed by atoms with Gasteiger partial charge in [-0.15, -0.1) is 0 Å². The van der Waals surface area contributed by atoms with Gasteiger partial charge in [-0.05, 0) is 76.4 Å². The Bertz CT molecular complexity index is 1720. The largest absolute Gasteiger partial charge is 0.352 e. The summed E-state index contributed by atoms with van der Waals surface area (Å²) in [4.78, 5) is 30.0. The fourth-order valence-electron chi connectivity index (χ4n) is 5.26. The number of sulfonamides is 1. The lowest BCUT2D eigenvalue weighted by Gasteiger charge is -2.34. The Morgan fingerprint density at radius 2 is 1.31 bits per heavy atom. The first kappa shape index (κ1) is 33.5. The topological polar surface area (TPSA) is 86.8 Å². The summed E-state index contributed by atoms with van der Waals surface area (Å²) in [5, 5.41) is 2.99. The van der Waals surface area contributed by atoms with Gasteiger partial charge in [-0.1, -0.05) is 95.6 Å². The van der Waals surface area contributed by atoms with Crippen LogP contribution in [0.5, 0.6) is 0 Å². The molecule has 236 valence electrons. The van der Waals surface area contributed by atoms with Crippen LogP contribution < -0.4 is 9.62 Å². The molecule has 0 fully saturated rings. The molecule has 0 heterocycles. The molecule has 0 saturated heterocycles. The van der Waals surface area contributed by atoms with Crippen LogP contribution in [0.15, 0.2) is 102 Å². The maximum Gasteiger partial charge on any atom is 0.264 e. The van der Waals surface area contributed by atoms with E-state index < -0.39 is 28.5 Å². The van der Waals surface area contributed by atoms with Crippen LogP contribution in [0.3, 0.4) is 0 Å². The molecule has 4 aromatic carbocycles. The highest BCUT2D eigenvalue weighted by Crippen LogP contribution is 2.29. The van der Waals surface area contributed by atoms with Gasteiger partial charge in [0.2, 0.25) is 11.8 Å². The molecular weight excluding hydrogens is 582 g/mol. The van der Waals surface area contributed by atoms with Crippen molar-refractivity contribution in [3.05, 3.63) is 130 Å². The van der Waals surface area contributed by atoms with Crippen LogP contribution >= 0.6 is 0 Å². The molecule has 0 bridgehead atoms. The number of hydrogen-bond donors (Lipinski definition) is 1. The minimum Gasteiger partial charge on any atom is -0.352 e. The maximum atomic E-state index is 14.6. The van der Waals surface area contributed by atoms with Crippen LogP contribution in [-0.4, -0.2) is 43.8 Å². The molecule has 7 nitrogen and oxygen atoms in total. The van der Waals surface area contributed by atoms with Gasteiger partial charge in [0.25, 0.3) is 10.0 Å². The molecule has 0 spiro atoms. The molecule has 4 rings (SSSR count). The number of nitrogens with zero attached hydrogens (tertiary/aromatic N) is 2. The molecule has 2 amide bonds. The Balaban J connectivity index is 1.82. The quantitative estimate of drug-likeness (QED) is 0.201. The molecule has 1 atom stereocenters. The van der Waals surface area contributed by atoms with Gasteiger partial charge < -0.3 is 10.2 Å². The summed E-state index contributed by atoms with van der Waals surface area (Å²) in [6.45, 7) is 11.0. The summed E-state index contributed by atoms with van der Waals surface area (Å²) in [5.41, 5.74) is 5.83. The second kappa shape index (κ2) is 14.6. The number of aryl methyl sites for hydroxylation is 4. The molecule has 4 aromatic rings. The highest BCUT2D eigenvalue weighted by atomic mass is 32.2. The van der Waals surface area contributed by atoms with Crippen LogP contribution in [0, 0.1) is 27.7 Å². The predicted octanol–water partition coefficient (Wildman–Crippen LogP) is 6.28. The van der Waals surface area contributed by atoms with E-state index in [9.17, 15) is 18.0 Å². The second-order valence-electron chi connectivity index (χ2n) is 12.0. The first-order valence-electron chi connectivity index (χ1n) is 15.2. The first-order chi connectivity index (χ1) is 21.3. The summed E-state index contributed by atoms with van der Waals surface area (Å²) in [5.74, 6) is -0.778. The Hall–Kier alpha value is -4.43. The van der Waals surface area contributed by atoms with Gasteiger partial charge in [0, 0.05) is 19.0 Å². The molecule has 0 aromatic heterocycles. The number of amides is 2. The van der Waals surface area contributed by atoms with Crippen LogP contribution in [0.1, 0.15) is 47.2 Å². The van der Waals surface area contributed by atoms with Gasteiger partial charge in [-0.3, -0.25) is 13.9 Å². The average Bonchev–Trinajstić information content (AvgIpc) is 2.99. The number of carbonyl (C=O) groups excluding carboxylic acids is 2. The van der Waals surface area contributed by atoms with E-state index in [0.717, 1.165) is 33.4 Å². The van der Waals surface area contributed by atoms with E-state index in [1.54, 1.807) is 30.3 Å². The molecule has 0 radical (unpaired) electrons. The van der Waals surface area contributed by atoms with Gasteiger partial charge in [-0.25, -0.2) is 8.42 Å². The highest BCUT2D eigenvalue weighted by Gasteiger charge is 2.35. The van der Waals surface area contributed by atoms with Gasteiger partial charge in [0.05, 0.1) is 10.6 Å². The van der Waals surface area contributed by atoms with Crippen molar-refractivity contribution in [2.45, 2.75) is 71.5 Å². The predicted molar refractivity (Wildman–Crippen MR) is 181 cm³/mol. The number of anilines is 1. The molecule has 1 N–H and O–H groups in total. The number of hydrogen-bond acceptors (Lipinski definition) is 4. The lowest BCUT2D eigenvalue weighted by molar-refractivity contribution is -0.140. The van der Waals surface area contributed by atoms with E-state index in [1.165, 1.54) is 9.21 Å². The van der Waals surface area contributed by atoms with Crippen molar-refractivity contribution in [3.63, 3.8) is 0 Å². The normalized spacial score (nSPS) is 12.1. The standard InChI is InChI=1S/C37H43N3O4S/c1-26(2)38-37(42)35(23-31-10-8-7-9-11-31)39(24-32-17-12-27(3)13-18-32)36(41)25-40(34-21-16-29(5)22-30(34)6)45(43,44)33-19-14-28(4)15-20-33/h7-22,26,35H,23-25H2,1-6H3,(H,38,42)/t35-/m1/s1. The minimum atomic E-state index is -4.15. The lowest BCUT2D eigenvalue weighted by Crippen LogP contribution is -2.54. The van der Waals surface area contributed by atoms with Crippen LogP contribution in [-0.2, 0) is 32.6 Å². The SMILES string of the molecule is Cc1ccc(CN(C(=O)CN(c2ccc(C)cc2C)S(=O)(=O)c2ccc(C)cc2)[C@H](Cc2ccccc2)C(=O)NC(C)C)cc1. The zero-order chi connectivity index (χ0) is 32.7. The Labute approximate surface area is 268 Å². The van der Waals surface area contributed by atoms with Crippen molar-refractivity contribution in [2.75, 3.05) is 10.8 Å². The smallest absolute Gasteiger partial charge is 0.264 e. The van der Waals surface area contributed by atoms with Crippen LogP contribution in [0.2, 0.25) is 0 Å². The fraction of sp³-hybridized carbons (Fsp3) is 0.297. The van der Waals surface area contributed by atoms with Gasteiger partial charge in [-0.2, -0.15) is 0 Å². The lowest BCUT2D eigenvalue weighted by atomic mass is 10.0. The summed E-state index contributed by atoms with van der Waals surface area (Å²) < 4.78 is 29.7. The minimum absolute atomic E-state index is 0.0874. The number of benzene rings is 4. The number of nitrogens with one attached hydrogen (secondary N) is 1. The van der Waals surface area contributed by atoms with Crippen molar-refractivity contribution in [1.82, 2.24) is 10.2 Å². The van der Waals surface area contributed by atoms with Crippen molar-refractivity contribution in [1.29, 1.82) is 0 Å². The third-order valence-corrected chi connectivity index (χ3v) is 9.46. The maximum absolute atomic E-state index is 14.6. The van der Waals surface area contributed by atoms with Crippen LogP contribution in [0.4, 0.5) is 5.69 Å². The fourth-order valence-corrected chi connectivity index (χ4v) is 6.74. The zero-order valence-electron chi connectivity index (χ0n) is 26.9. The Morgan fingerprint density at radius 1 is 0.733 bits per heavy atom. The van der Waals surface area contributed by atoms with Gasteiger partial charge >= 0.3 is 0 Å². The van der Waals surface area contributed by atoms with Crippen molar-refractivity contribution in [3.8, 4) is 0 Å². The molecule has 0 aliphatic carbocycles. The summed E-state index contributed by atoms with van der Waals surface area (Å²) in [6, 6.07) is 28.4. The molecule has 0 unspecified atom stereocenters. The third kappa shape index (κ3) is 8.60. The molecule has 0 saturated carbocycles. The third-order valence-electron chi connectivity index (χ3n) is 7.68. The van der Waals surface area contributed by atoms with E-state index in [-0.39, 0.29) is 29.8 Å². The van der Waals surface area contributed by atoms with Crippen molar-refractivity contribution < 1.29 is 18.0 Å². The van der Waals surface area contributed by atoms with Crippen LogP contribution in [0.25, 0.3) is 0 Å². The molecular formula is C37H43N3O4S. The zero-order valence-corrected chi connectivity index (χ0v) is 27.8. The van der Waals surface area contributed by atoms with Crippen molar-refractivity contribution in [2.24, 2.45) is 0 Å². The summed E-state index contributed by atoms with van der Waals surface area (Å²) in [7, 11) is -4.15. The number of carbonyl (C=O) groups is 2. The first-order valence-corrected chi connectivity index (χ1v) is 16.6. The van der Waals surface area contributed by atoms with Crippen molar-refractivity contribution >= 4 is 27.5 Å². The van der Waals surface area contributed by atoms with E-state index in [4.69, 9.17) is 0 Å². The van der Waals surface area contributed by atoms with Gasteiger partial charge in [0.15, 0.2) is 0 Å². The molecule has 0 aliphatic heterocycles. The second-order valence-corrected chi connectivity index (χ2v) is 13.9. The molecule has 45 heavy (non-hydrogen) atoms. The molecule has 8 heteroatoms.